The smallest absolute Gasteiger partial charge is 0.475 e. The molecule has 0 bridgehead atoms. The van der Waals surface area contributed by atoms with Crippen molar-refractivity contribution in [3.8, 4) is 0 Å². The highest BCUT2D eigenvalue weighted by Crippen LogP contribution is 2.47. The Morgan fingerprint density at radius 1 is 1.40 bits per heavy atom. The van der Waals surface area contributed by atoms with Crippen LogP contribution in [0.3, 0.4) is 0 Å². The van der Waals surface area contributed by atoms with E-state index in [1.807, 2.05) is 0 Å². The predicted octanol–water partition coefficient (Wildman–Crippen LogP) is -0.744. The molecule has 0 aliphatic rings. The molecule has 0 fully saturated rings. The Morgan fingerprint density at radius 3 is 1.90 bits per heavy atom. The van der Waals surface area contributed by atoms with Crippen molar-refractivity contribution in [1.82, 2.24) is 0 Å². The second-order valence-corrected chi connectivity index (χ2v) is 2.54. The van der Waals surface area contributed by atoms with Gasteiger partial charge in [0.15, 0.2) is 0 Å². The monoisotopic (exact) mass is 169 g/mol. The van der Waals surface area contributed by atoms with Crippen LogP contribution in [0.5, 0.6) is 0 Å². The van der Waals surface area contributed by atoms with Crippen LogP contribution < -0.4 is 0 Å². The molecule has 6 nitrogen and oxygen atoms in total. The molecule has 0 saturated heterocycles. The number of hydrogen-bond donors (Lipinski definition) is 4. The van der Waals surface area contributed by atoms with E-state index in [-0.39, 0.29) is 0 Å². The molecule has 7 heteroatoms. The van der Waals surface area contributed by atoms with Gasteiger partial charge in [-0.1, -0.05) is 0 Å². The highest BCUT2D eigenvalue weighted by atomic mass is 31.2. The maximum Gasteiger partial charge on any atom is 0.614 e. The summed E-state index contributed by atoms with van der Waals surface area (Å²) in [5.74, 6) is -2.48. The summed E-state index contributed by atoms with van der Waals surface area (Å²) in [6.07, 6.45) is 0. The van der Waals surface area contributed by atoms with E-state index in [1.54, 1.807) is 0 Å². The Hall–Kier alpha value is -0.680. The summed E-state index contributed by atoms with van der Waals surface area (Å²) in [7, 11) is -4.51. The van der Waals surface area contributed by atoms with E-state index in [4.69, 9.17) is 19.8 Å². The van der Waals surface area contributed by atoms with Crippen molar-refractivity contribution in [2.75, 3.05) is 0 Å². The van der Waals surface area contributed by atoms with Crippen LogP contribution in [0.15, 0.2) is 12.3 Å². The second-order valence-electron chi connectivity index (χ2n) is 1.33. The first kappa shape index (κ1) is 9.32. The summed E-state index contributed by atoms with van der Waals surface area (Å²) >= 11 is 0. The Balaban J connectivity index is 3.93. The first-order valence-electron chi connectivity index (χ1n) is 2.02. The number of carbonyl (C=O) groups is 1. The third kappa shape index (κ3) is 4.22. The lowest BCUT2D eigenvalue weighted by Gasteiger charge is -2.01. The van der Waals surface area contributed by atoms with Gasteiger partial charge < -0.3 is 5.11 Å². The molecular weight excluding hydrogens is 163 g/mol. The molecule has 0 amide bonds. The number of rotatable bonds is 3. The van der Waals surface area contributed by atoms with Crippen LogP contribution >= 0.6 is 8.17 Å². The Bertz CT molecular complexity index is 157. The zero-order valence-electron chi connectivity index (χ0n) is 4.76. The molecule has 0 unspecified atom stereocenters. The molecule has 0 spiro atoms. The quantitative estimate of drug-likeness (QED) is 0.251. The van der Waals surface area contributed by atoms with Gasteiger partial charge in [-0.15, -0.1) is 0 Å². The zero-order chi connectivity index (χ0) is 8.36. The summed E-state index contributed by atoms with van der Waals surface area (Å²) in [6.45, 7) is 2.77. The van der Waals surface area contributed by atoms with Crippen molar-refractivity contribution >= 4 is 14.1 Å². The third-order valence-corrected chi connectivity index (χ3v) is 0.937. The van der Waals surface area contributed by atoms with Crippen LogP contribution in [-0.2, 0) is 9.32 Å². The first-order valence-corrected chi connectivity index (χ1v) is 3.58. The van der Waals surface area contributed by atoms with Crippen molar-refractivity contribution < 1.29 is 29.1 Å². The number of aliphatic carboxylic acids is 1. The summed E-state index contributed by atoms with van der Waals surface area (Å²) in [5, 5.41) is 8.01. The van der Waals surface area contributed by atoms with Gasteiger partial charge in [-0.05, 0) is 6.58 Å². The SMILES string of the molecule is C=C(O[P+](O)(O)O)C(=O)O. The van der Waals surface area contributed by atoms with Gasteiger partial charge in [0.1, 0.15) is 0 Å². The molecule has 0 radical (unpaired) electrons. The number of carboxylic acid groups (broad SMARTS) is 1. The van der Waals surface area contributed by atoms with Gasteiger partial charge in [0.05, 0.1) is 0 Å². The highest BCUT2D eigenvalue weighted by Gasteiger charge is 2.37. The van der Waals surface area contributed by atoms with E-state index in [1.165, 1.54) is 0 Å². The summed E-state index contributed by atoms with van der Waals surface area (Å²) in [4.78, 5) is 34.2. The van der Waals surface area contributed by atoms with Crippen LogP contribution in [0, 0.1) is 0 Å². The fourth-order valence-electron chi connectivity index (χ4n) is 0.187. The molecule has 0 aromatic carbocycles. The molecule has 4 N–H and O–H groups in total. The summed E-state index contributed by atoms with van der Waals surface area (Å²) < 4.78 is 3.68. The first-order chi connectivity index (χ1) is 4.33. The van der Waals surface area contributed by atoms with E-state index >= 15 is 0 Å². The molecule has 0 atom stereocenters. The number of hydrogen-bond acceptors (Lipinski definition) is 5. The molecule has 0 rings (SSSR count). The lowest BCUT2D eigenvalue weighted by atomic mass is 10.6. The molecule has 0 aliphatic heterocycles. The maximum atomic E-state index is 9.84. The van der Waals surface area contributed by atoms with E-state index in [0.29, 0.717) is 0 Å². The minimum Gasteiger partial charge on any atom is -0.475 e. The van der Waals surface area contributed by atoms with Gasteiger partial charge >= 0.3 is 14.1 Å². The van der Waals surface area contributed by atoms with Gasteiger partial charge in [-0.25, -0.2) is 4.79 Å². The highest BCUT2D eigenvalue weighted by molar-refractivity contribution is 7.53. The van der Waals surface area contributed by atoms with Gasteiger partial charge in [-0.2, -0.15) is 14.7 Å². The normalized spacial score (nSPS) is 10.7. The summed E-state index contributed by atoms with van der Waals surface area (Å²) in [5.41, 5.74) is 0. The van der Waals surface area contributed by atoms with E-state index in [0.717, 1.165) is 0 Å². The van der Waals surface area contributed by atoms with Crippen LogP contribution in [0.4, 0.5) is 0 Å². The van der Waals surface area contributed by atoms with Crippen molar-refractivity contribution in [3.05, 3.63) is 12.3 Å². The average molecular weight is 169 g/mol. The van der Waals surface area contributed by atoms with Crippen molar-refractivity contribution in [3.63, 3.8) is 0 Å². The van der Waals surface area contributed by atoms with Crippen LogP contribution in [0.1, 0.15) is 0 Å². The van der Waals surface area contributed by atoms with E-state index in [9.17, 15) is 4.79 Å². The standard InChI is InChI=1S/C3H5O6P/c1-2(3(4)5)9-10(6,7)8/h6-8H,1H2/p+1. The molecule has 0 saturated carbocycles. The predicted molar refractivity (Wildman–Crippen MR) is 31.4 cm³/mol. The van der Waals surface area contributed by atoms with Gasteiger partial charge in [0.2, 0.25) is 0 Å². The minimum atomic E-state index is -4.51. The lowest BCUT2D eigenvalue weighted by Crippen LogP contribution is -2.04. The molecule has 0 heterocycles. The molecule has 0 aromatic heterocycles. The summed E-state index contributed by atoms with van der Waals surface area (Å²) in [6, 6.07) is 0. The topological polar surface area (TPSA) is 107 Å². The molecule has 0 aliphatic carbocycles. The fraction of sp³-hybridized carbons (Fsp3) is 0. The number of carboxylic acids is 1. The van der Waals surface area contributed by atoms with Crippen LogP contribution in [0.2, 0.25) is 0 Å². The lowest BCUT2D eigenvalue weighted by molar-refractivity contribution is -0.135. The zero-order valence-corrected chi connectivity index (χ0v) is 5.65. The minimum absolute atomic E-state index is 0.916. The van der Waals surface area contributed by atoms with E-state index < -0.39 is 19.9 Å². The Kier molecular flexibility index (Phi) is 2.74. The van der Waals surface area contributed by atoms with Gasteiger partial charge in [-0.3, -0.25) is 4.52 Å². The largest absolute Gasteiger partial charge is 0.614 e. The van der Waals surface area contributed by atoms with Crippen molar-refractivity contribution in [1.29, 1.82) is 0 Å². The third-order valence-electron chi connectivity index (χ3n) is 0.471. The Morgan fingerprint density at radius 2 is 1.80 bits per heavy atom. The maximum absolute atomic E-state index is 9.84. The average Bonchev–Trinajstić information content (AvgIpc) is 1.60. The molecule has 0 aromatic rings. The second kappa shape index (κ2) is 2.94. The van der Waals surface area contributed by atoms with Crippen LogP contribution in [-0.4, -0.2) is 25.8 Å². The van der Waals surface area contributed by atoms with Crippen molar-refractivity contribution in [2.45, 2.75) is 0 Å². The van der Waals surface area contributed by atoms with Crippen molar-refractivity contribution in [2.24, 2.45) is 0 Å². The molecule has 10 heavy (non-hydrogen) atoms. The fourth-order valence-corrected chi connectivity index (χ4v) is 0.561. The Labute approximate surface area is 56.7 Å². The van der Waals surface area contributed by atoms with Gasteiger partial charge in [0.25, 0.3) is 5.76 Å². The van der Waals surface area contributed by atoms with E-state index in [2.05, 4.69) is 11.1 Å². The molecular formula is C3H6O6P+. The van der Waals surface area contributed by atoms with Crippen LogP contribution in [0.25, 0.3) is 0 Å². The van der Waals surface area contributed by atoms with Gasteiger partial charge in [0, 0.05) is 0 Å². The molecule has 58 valence electrons.